The molecule has 3 rings (SSSR count). The molecule has 6 nitrogen and oxygen atoms in total. The molecule has 0 unspecified atom stereocenters. The Kier molecular flexibility index (Phi) is 3.91. The molecule has 0 spiro atoms. The third kappa shape index (κ3) is 3.33. The molecule has 6 heteroatoms. The predicted octanol–water partition coefficient (Wildman–Crippen LogP) is 1.72. The summed E-state index contributed by atoms with van der Waals surface area (Å²) in [5.41, 5.74) is 2.15. The molecular weight excluding hydrogens is 282 g/mol. The lowest BCUT2D eigenvalue weighted by molar-refractivity contribution is -0.121. The van der Waals surface area contributed by atoms with Crippen LogP contribution in [-0.2, 0) is 11.3 Å². The van der Waals surface area contributed by atoms with E-state index in [-0.39, 0.29) is 18.0 Å². The number of rotatable bonds is 5. The number of aromatic nitrogens is 1. The molecule has 1 saturated carbocycles. The number of hydrogen-bond donors (Lipinski definition) is 1. The summed E-state index contributed by atoms with van der Waals surface area (Å²) in [6, 6.07) is 8.50. The quantitative estimate of drug-likeness (QED) is 0.674. The van der Waals surface area contributed by atoms with Crippen LogP contribution in [0.5, 0.6) is 0 Å². The van der Waals surface area contributed by atoms with Crippen LogP contribution >= 0.6 is 0 Å². The summed E-state index contributed by atoms with van der Waals surface area (Å²) >= 11 is 0. The van der Waals surface area contributed by atoms with Crippen molar-refractivity contribution in [3.8, 4) is 0 Å². The van der Waals surface area contributed by atoms with Crippen LogP contribution in [0.1, 0.15) is 30.8 Å². The molecule has 2 atom stereocenters. The maximum Gasteiger partial charge on any atom is 0.260 e. The summed E-state index contributed by atoms with van der Waals surface area (Å²) < 4.78 is 6.95. The number of nitrogens with zero attached hydrogens (tertiary/aromatic N) is 2. The SMILES string of the molecule is C[C@H]1C[C@@H]1c1ccc(/C=N\NC(=O)Cn2ccccc2=O)o1. The normalized spacial score (nSPS) is 20.2. The molecule has 1 aliphatic carbocycles. The molecule has 0 bridgehead atoms. The first-order valence-corrected chi connectivity index (χ1v) is 7.20. The molecule has 2 heterocycles. The van der Waals surface area contributed by atoms with Gasteiger partial charge < -0.3 is 8.98 Å². The standard InChI is InChI=1S/C16H17N3O3/c1-11-8-13(11)14-6-5-12(22-14)9-17-18-15(20)10-19-7-3-2-4-16(19)21/h2-7,9,11,13H,8,10H2,1H3,(H,18,20)/b17-9-/t11-,13-/m0/s1. The van der Waals surface area contributed by atoms with E-state index >= 15 is 0 Å². The molecule has 0 radical (unpaired) electrons. The Morgan fingerprint density at radius 3 is 3.00 bits per heavy atom. The van der Waals surface area contributed by atoms with Gasteiger partial charge in [0.15, 0.2) is 0 Å². The highest BCUT2D eigenvalue weighted by Crippen LogP contribution is 2.47. The van der Waals surface area contributed by atoms with Gasteiger partial charge in [-0.1, -0.05) is 13.0 Å². The first-order valence-electron chi connectivity index (χ1n) is 7.20. The number of carbonyl (C=O) groups excluding carboxylic acids is 1. The highest BCUT2D eigenvalue weighted by molar-refractivity contribution is 5.80. The average Bonchev–Trinajstić information content (AvgIpc) is 3.04. The first-order chi connectivity index (χ1) is 10.6. The summed E-state index contributed by atoms with van der Waals surface area (Å²) in [5.74, 6) is 2.40. The lowest BCUT2D eigenvalue weighted by Crippen LogP contribution is -2.28. The van der Waals surface area contributed by atoms with Crippen LogP contribution in [0.4, 0.5) is 0 Å². The second-order valence-corrected chi connectivity index (χ2v) is 5.52. The van der Waals surface area contributed by atoms with E-state index in [1.165, 1.54) is 16.8 Å². The molecule has 1 amide bonds. The molecule has 1 fully saturated rings. The predicted molar refractivity (Wildman–Crippen MR) is 81.7 cm³/mol. The summed E-state index contributed by atoms with van der Waals surface area (Å²) in [6.45, 7) is 2.12. The zero-order valence-corrected chi connectivity index (χ0v) is 12.2. The molecule has 0 aliphatic heterocycles. The van der Waals surface area contributed by atoms with E-state index in [1.807, 2.05) is 12.1 Å². The van der Waals surface area contributed by atoms with Crippen LogP contribution in [0.3, 0.4) is 0 Å². The van der Waals surface area contributed by atoms with E-state index in [0.29, 0.717) is 17.6 Å². The Balaban J connectivity index is 1.53. The number of pyridine rings is 1. The van der Waals surface area contributed by atoms with Crippen molar-refractivity contribution < 1.29 is 9.21 Å². The summed E-state index contributed by atoms with van der Waals surface area (Å²) in [6.07, 6.45) is 4.18. The maximum atomic E-state index is 11.7. The van der Waals surface area contributed by atoms with Crippen LogP contribution in [0, 0.1) is 5.92 Å². The van der Waals surface area contributed by atoms with Gasteiger partial charge in [0.05, 0.1) is 6.21 Å². The lowest BCUT2D eigenvalue weighted by Gasteiger charge is -2.02. The number of furan rings is 1. The Labute approximate surface area is 127 Å². The highest BCUT2D eigenvalue weighted by Gasteiger charge is 2.36. The Morgan fingerprint density at radius 2 is 2.27 bits per heavy atom. The second kappa shape index (κ2) is 6.01. The van der Waals surface area contributed by atoms with Crippen LogP contribution in [0.2, 0.25) is 0 Å². The van der Waals surface area contributed by atoms with Gasteiger partial charge in [-0.05, 0) is 30.5 Å². The van der Waals surface area contributed by atoms with E-state index in [1.54, 1.807) is 18.3 Å². The van der Waals surface area contributed by atoms with Crippen molar-refractivity contribution >= 4 is 12.1 Å². The van der Waals surface area contributed by atoms with E-state index in [2.05, 4.69) is 17.5 Å². The number of hydrazone groups is 1. The molecule has 1 aliphatic rings. The number of carbonyl (C=O) groups is 1. The van der Waals surface area contributed by atoms with Gasteiger partial charge in [-0.25, -0.2) is 5.43 Å². The van der Waals surface area contributed by atoms with Gasteiger partial charge in [-0.2, -0.15) is 5.10 Å². The van der Waals surface area contributed by atoms with Gasteiger partial charge in [-0.3, -0.25) is 9.59 Å². The molecule has 1 N–H and O–H groups in total. The first kappa shape index (κ1) is 14.3. The minimum absolute atomic E-state index is 0.0694. The molecule has 22 heavy (non-hydrogen) atoms. The fourth-order valence-electron chi connectivity index (χ4n) is 2.30. The molecular formula is C16H17N3O3. The fourth-order valence-corrected chi connectivity index (χ4v) is 2.30. The van der Waals surface area contributed by atoms with Gasteiger partial charge in [0.1, 0.15) is 18.1 Å². The topological polar surface area (TPSA) is 76.6 Å². The second-order valence-electron chi connectivity index (χ2n) is 5.52. The summed E-state index contributed by atoms with van der Waals surface area (Å²) in [7, 11) is 0. The van der Waals surface area contributed by atoms with Crippen LogP contribution in [0.25, 0.3) is 0 Å². The Hall–Kier alpha value is -2.63. The minimum Gasteiger partial charge on any atom is -0.460 e. The van der Waals surface area contributed by atoms with Crippen molar-refractivity contribution in [3.63, 3.8) is 0 Å². The minimum atomic E-state index is -0.368. The van der Waals surface area contributed by atoms with Crippen molar-refractivity contribution in [2.45, 2.75) is 25.8 Å². The average molecular weight is 299 g/mol. The van der Waals surface area contributed by atoms with Crippen LogP contribution < -0.4 is 11.0 Å². The molecule has 114 valence electrons. The van der Waals surface area contributed by atoms with Gasteiger partial charge in [0, 0.05) is 18.2 Å². The summed E-state index contributed by atoms with van der Waals surface area (Å²) in [4.78, 5) is 23.2. The monoisotopic (exact) mass is 299 g/mol. The van der Waals surface area contributed by atoms with E-state index < -0.39 is 0 Å². The largest absolute Gasteiger partial charge is 0.460 e. The van der Waals surface area contributed by atoms with Gasteiger partial charge in [0.2, 0.25) is 0 Å². The fraction of sp³-hybridized carbons (Fsp3) is 0.312. The Morgan fingerprint density at radius 1 is 1.45 bits per heavy atom. The molecule has 2 aromatic rings. The number of hydrogen-bond acceptors (Lipinski definition) is 4. The van der Waals surface area contributed by atoms with E-state index in [4.69, 9.17) is 4.42 Å². The smallest absolute Gasteiger partial charge is 0.260 e. The van der Waals surface area contributed by atoms with E-state index in [9.17, 15) is 9.59 Å². The third-order valence-corrected chi connectivity index (χ3v) is 3.72. The Bertz CT molecular complexity index is 760. The third-order valence-electron chi connectivity index (χ3n) is 3.72. The zero-order valence-electron chi connectivity index (χ0n) is 12.2. The van der Waals surface area contributed by atoms with Crippen molar-refractivity contribution in [3.05, 3.63) is 58.4 Å². The molecule has 2 aromatic heterocycles. The van der Waals surface area contributed by atoms with Gasteiger partial charge in [0.25, 0.3) is 11.5 Å². The number of amides is 1. The molecule has 0 saturated heterocycles. The zero-order chi connectivity index (χ0) is 15.5. The van der Waals surface area contributed by atoms with E-state index in [0.717, 1.165) is 12.2 Å². The highest BCUT2D eigenvalue weighted by atomic mass is 16.3. The van der Waals surface area contributed by atoms with Crippen molar-refractivity contribution in [1.29, 1.82) is 0 Å². The lowest BCUT2D eigenvalue weighted by atomic mass is 10.3. The number of nitrogens with one attached hydrogen (secondary N) is 1. The summed E-state index contributed by atoms with van der Waals surface area (Å²) in [5, 5.41) is 3.85. The van der Waals surface area contributed by atoms with Crippen LogP contribution in [0.15, 0.2) is 50.8 Å². The van der Waals surface area contributed by atoms with Gasteiger partial charge >= 0.3 is 0 Å². The molecule has 0 aromatic carbocycles. The van der Waals surface area contributed by atoms with Crippen molar-refractivity contribution in [2.75, 3.05) is 0 Å². The van der Waals surface area contributed by atoms with Crippen molar-refractivity contribution in [2.24, 2.45) is 11.0 Å². The van der Waals surface area contributed by atoms with Crippen LogP contribution in [-0.4, -0.2) is 16.7 Å². The van der Waals surface area contributed by atoms with Gasteiger partial charge in [-0.15, -0.1) is 0 Å². The maximum absolute atomic E-state index is 11.7. The van der Waals surface area contributed by atoms with Crippen molar-refractivity contribution in [1.82, 2.24) is 9.99 Å².